The summed E-state index contributed by atoms with van der Waals surface area (Å²) in [5.74, 6) is -0.827. The Kier molecular flexibility index (Phi) is 8.68. The third-order valence-corrected chi connectivity index (χ3v) is 7.05. The molecule has 9 heteroatoms. The van der Waals surface area contributed by atoms with Crippen molar-refractivity contribution in [3.63, 3.8) is 0 Å². The van der Waals surface area contributed by atoms with Crippen molar-refractivity contribution in [3.8, 4) is 0 Å². The number of nitrogens with zero attached hydrogens (tertiary/aromatic N) is 2. The van der Waals surface area contributed by atoms with Gasteiger partial charge in [0.05, 0.1) is 11.4 Å². The van der Waals surface area contributed by atoms with Crippen LogP contribution in [0.5, 0.6) is 0 Å². The molecule has 0 spiro atoms. The highest BCUT2D eigenvalue weighted by atomic mass is 35.5. The van der Waals surface area contributed by atoms with E-state index in [9.17, 15) is 18.0 Å². The van der Waals surface area contributed by atoms with E-state index in [1.54, 1.807) is 43.3 Å². The molecule has 0 fully saturated rings. The van der Waals surface area contributed by atoms with Gasteiger partial charge in [-0.1, -0.05) is 41.4 Å². The first-order chi connectivity index (χ1) is 15.2. The third-order valence-electron chi connectivity index (χ3n) is 4.99. The number of carbonyl (C=O) groups is 2. The van der Waals surface area contributed by atoms with Gasteiger partial charge in [-0.05, 0) is 64.4 Å². The molecule has 1 unspecified atom stereocenters. The van der Waals surface area contributed by atoms with Crippen LogP contribution in [0.25, 0.3) is 0 Å². The molecular formula is C24H32ClN3O4S. The van der Waals surface area contributed by atoms with Gasteiger partial charge in [0.25, 0.3) is 0 Å². The van der Waals surface area contributed by atoms with E-state index in [0.29, 0.717) is 5.02 Å². The van der Waals surface area contributed by atoms with Crippen LogP contribution in [0, 0.1) is 6.92 Å². The molecule has 180 valence electrons. The van der Waals surface area contributed by atoms with Gasteiger partial charge >= 0.3 is 0 Å². The van der Waals surface area contributed by atoms with Crippen molar-refractivity contribution in [2.45, 2.75) is 57.6 Å². The monoisotopic (exact) mass is 493 g/mol. The number of halogens is 1. The van der Waals surface area contributed by atoms with E-state index in [1.807, 2.05) is 27.7 Å². The van der Waals surface area contributed by atoms with Crippen molar-refractivity contribution in [1.29, 1.82) is 0 Å². The summed E-state index contributed by atoms with van der Waals surface area (Å²) in [6, 6.07) is 12.6. The predicted octanol–water partition coefficient (Wildman–Crippen LogP) is 3.60. The van der Waals surface area contributed by atoms with Crippen LogP contribution in [0.2, 0.25) is 5.02 Å². The lowest BCUT2D eigenvalue weighted by Gasteiger charge is -2.32. The van der Waals surface area contributed by atoms with Gasteiger partial charge in [0.2, 0.25) is 21.8 Å². The van der Waals surface area contributed by atoms with E-state index < -0.39 is 34.1 Å². The van der Waals surface area contributed by atoms with Crippen molar-refractivity contribution in [3.05, 3.63) is 64.7 Å². The summed E-state index contributed by atoms with van der Waals surface area (Å²) in [5.41, 5.74) is 1.18. The normalized spacial score (nSPS) is 13.0. The van der Waals surface area contributed by atoms with Gasteiger partial charge < -0.3 is 10.2 Å². The van der Waals surface area contributed by atoms with E-state index in [0.717, 1.165) is 15.4 Å². The molecule has 1 N–H and O–H groups in total. The standard InChI is InChI=1S/C24H32ClN3O4S/c1-17-10-12-21(13-11-17)33(31,32)27(6)16-22(29)28(15-19-8-7-9-20(25)14-19)18(2)23(30)26-24(3,4)5/h7-14,18H,15-16H2,1-6H3,(H,26,30). The Morgan fingerprint density at radius 1 is 1.09 bits per heavy atom. The summed E-state index contributed by atoms with van der Waals surface area (Å²) in [4.78, 5) is 27.6. The summed E-state index contributed by atoms with van der Waals surface area (Å²) >= 11 is 6.09. The maximum Gasteiger partial charge on any atom is 0.243 e. The number of sulfonamides is 1. The van der Waals surface area contributed by atoms with Crippen LogP contribution in [-0.4, -0.2) is 54.6 Å². The van der Waals surface area contributed by atoms with Gasteiger partial charge in [-0.2, -0.15) is 4.31 Å². The first-order valence-electron chi connectivity index (χ1n) is 10.6. The smallest absolute Gasteiger partial charge is 0.243 e. The maximum atomic E-state index is 13.3. The molecule has 0 saturated carbocycles. The molecule has 33 heavy (non-hydrogen) atoms. The molecule has 0 bridgehead atoms. The molecule has 0 aliphatic carbocycles. The number of hydrogen-bond donors (Lipinski definition) is 1. The van der Waals surface area contributed by atoms with Crippen LogP contribution in [0.3, 0.4) is 0 Å². The number of amides is 2. The molecule has 2 rings (SSSR count). The first-order valence-corrected chi connectivity index (χ1v) is 12.4. The lowest BCUT2D eigenvalue weighted by atomic mass is 10.1. The van der Waals surface area contributed by atoms with Gasteiger partial charge in [0.15, 0.2) is 0 Å². The summed E-state index contributed by atoms with van der Waals surface area (Å²) < 4.78 is 26.9. The minimum absolute atomic E-state index is 0.100. The quantitative estimate of drug-likeness (QED) is 0.608. The number of hydrogen-bond acceptors (Lipinski definition) is 4. The highest BCUT2D eigenvalue weighted by molar-refractivity contribution is 7.89. The molecule has 0 saturated heterocycles. The molecule has 7 nitrogen and oxygen atoms in total. The highest BCUT2D eigenvalue weighted by Gasteiger charge is 2.31. The fraction of sp³-hybridized carbons (Fsp3) is 0.417. The zero-order chi connectivity index (χ0) is 25.0. The van der Waals surface area contributed by atoms with Crippen LogP contribution >= 0.6 is 11.6 Å². The average molecular weight is 494 g/mol. The summed E-state index contributed by atoms with van der Waals surface area (Å²) in [7, 11) is -2.52. The van der Waals surface area contributed by atoms with Gasteiger partial charge in [0.1, 0.15) is 6.04 Å². The van der Waals surface area contributed by atoms with E-state index >= 15 is 0 Å². The Bertz CT molecular complexity index is 1100. The summed E-state index contributed by atoms with van der Waals surface area (Å²) in [6.07, 6.45) is 0. The second-order valence-corrected chi connectivity index (χ2v) is 11.6. The second-order valence-electron chi connectivity index (χ2n) is 9.14. The third kappa shape index (κ3) is 7.55. The van der Waals surface area contributed by atoms with Crippen LogP contribution in [-0.2, 0) is 26.2 Å². The number of likely N-dealkylation sites (N-methyl/N-ethyl adjacent to an activating group) is 1. The minimum atomic E-state index is -3.87. The Hall–Kier alpha value is -2.42. The van der Waals surface area contributed by atoms with Crippen molar-refractivity contribution < 1.29 is 18.0 Å². The minimum Gasteiger partial charge on any atom is -0.350 e. The molecular weight excluding hydrogens is 462 g/mol. The number of nitrogens with one attached hydrogen (secondary N) is 1. The molecule has 0 aliphatic rings. The highest BCUT2D eigenvalue weighted by Crippen LogP contribution is 2.18. The molecule has 0 aromatic heterocycles. The Morgan fingerprint density at radius 3 is 2.24 bits per heavy atom. The van der Waals surface area contributed by atoms with Crippen molar-refractivity contribution in [2.24, 2.45) is 0 Å². The van der Waals surface area contributed by atoms with E-state index in [4.69, 9.17) is 11.6 Å². The number of aryl methyl sites for hydroxylation is 1. The van der Waals surface area contributed by atoms with E-state index in [1.165, 1.54) is 24.1 Å². The van der Waals surface area contributed by atoms with Gasteiger partial charge in [-0.3, -0.25) is 9.59 Å². The topological polar surface area (TPSA) is 86.8 Å². The Labute approximate surface area is 201 Å². The fourth-order valence-corrected chi connectivity index (χ4v) is 4.48. The van der Waals surface area contributed by atoms with Crippen LogP contribution in [0.1, 0.15) is 38.8 Å². The van der Waals surface area contributed by atoms with Gasteiger partial charge in [0, 0.05) is 24.2 Å². The zero-order valence-corrected chi connectivity index (χ0v) is 21.5. The Morgan fingerprint density at radius 2 is 1.70 bits per heavy atom. The maximum absolute atomic E-state index is 13.3. The predicted molar refractivity (Wildman–Crippen MR) is 130 cm³/mol. The number of benzene rings is 2. The molecule has 2 amide bonds. The number of rotatable bonds is 8. The van der Waals surface area contributed by atoms with Crippen LogP contribution in [0.15, 0.2) is 53.4 Å². The van der Waals surface area contributed by atoms with Crippen molar-refractivity contribution in [2.75, 3.05) is 13.6 Å². The van der Waals surface area contributed by atoms with Gasteiger partial charge in [-0.25, -0.2) is 8.42 Å². The average Bonchev–Trinajstić information content (AvgIpc) is 2.70. The summed E-state index contributed by atoms with van der Waals surface area (Å²) in [5, 5.41) is 3.38. The SMILES string of the molecule is Cc1ccc(S(=O)(=O)N(C)CC(=O)N(Cc2cccc(Cl)c2)C(C)C(=O)NC(C)(C)C)cc1. The lowest BCUT2D eigenvalue weighted by molar-refractivity contribution is -0.141. The van der Waals surface area contributed by atoms with E-state index in [2.05, 4.69) is 5.32 Å². The first kappa shape index (κ1) is 26.8. The number of carbonyl (C=O) groups excluding carboxylic acids is 2. The fourth-order valence-electron chi connectivity index (χ4n) is 3.15. The molecule has 2 aromatic rings. The van der Waals surface area contributed by atoms with Crippen molar-refractivity contribution in [1.82, 2.24) is 14.5 Å². The molecule has 1 atom stereocenters. The second kappa shape index (κ2) is 10.7. The van der Waals surface area contributed by atoms with Gasteiger partial charge in [-0.15, -0.1) is 0 Å². The molecule has 0 heterocycles. The van der Waals surface area contributed by atoms with Crippen LogP contribution in [0.4, 0.5) is 0 Å². The molecule has 0 radical (unpaired) electrons. The summed E-state index contributed by atoms with van der Waals surface area (Å²) in [6.45, 7) is 8.73. The Balaban J connectivity index is 2.29. The largest absolute Gasteiger partial charge is 0.350 e. The van der Waals surface area contributed by atoms with E-state index in [-0.39, 0.29) is 17.3 Å². The zero-order valence-electron chi connectivity index (χ0n) is 19.9. The van der Waals surface area contributed by atoms with Crippen molar-refractivity contribution >= 4 is 33.4 Å². The molecule has 2 aromatic carbocycles. The lowest BCUT2D eigenvalue weighted by Crippen LogP contribution is -2.54. The van der Waals surface area contributed by atoms with Crippen LogP contribution < -0.4 is 5.32 Å². The molecule has 0 aliphatic heterocycles.